The van der Waals surface area contributed by atoms with Gasteiger partial charge in [0, 0.05) is 44.5 Å². The third-order valence-corrected chi connectivity index (χ3v) is 8.54. The molecule has 3 fully saturated rings. The number of ether oxygens (including phenoxy) is 1. The van der Waals surface area contributed by atoms with Gasteiger partial charge < -0.3 is 15.0 Å². The third kappa shape index (κ3) is 4.88. The number of alkyl halides is 3. The largest absolute Gasteiger partial charge is 0.420 e. The van der Waals surface area contributed by atoms with Gasteiger partial charge in [-0.1, -0.05) is 6.07 Å². The van der Waals surface area contributed by atoms with Gasteiger partial charge in [-0.2, -0.15) is 13.2 Å². The predicted octanol–water partition coefficient (Wildman–Crippen LogP) is 5.32. The maximum absolute atomic E-state index is 14.0. The summed E-state index contributed by atoms with van der Waals surface area (Å²) in [6, 6.07) is 6.45. The molecule has 4 heterocycles. The molecular formula is C25H28F3N5OS. The molecule has 1 aromatic carbocycles. The second-order valence-electron chi connectivity index (χ2n) is 10.1. The van der Waals surface area contributed by atoms with Gasteiger partial charge in [0.05, 0.1) is 21.4 Å². The van der Waals surface area contributed by atoms with Gasteiger partial charge in [0.2, 0.25) is 0 Å². The number of likely N-dealkylation sites (tertiary alicyclic amines) is 1. The van der Waals surface area contributed by atoms with E-state index < -0.39 is 11.7 Å². The molecule has 10 heteroatoms. The van der Waals surface area contributed by atoms with Gasteiger partial charge in [-0.05, 0) is 61.6 Å². The number of thiazole rings is 1. The van der Waals surface area contributed by atoms with Gasteiger partial charge >= 0.3 is 6.18 Å². The van der Waals surface area contributed by atoms with Crippen LogP contribution in [0.15, 0.2) is 29.8 Å². The van der Waals surface area contributed by atoms with Crippen molar-refractivity contribution in [1.82, 2.24) is 20.1 Å². The van der Waals surface area contributed by atoms with Gasteiger partial charge in [0.15, 0.2) is 5.82 Å². The normalized spacial score (nSPS) is 25.9. The van der Waals surface area contributed by atoms with Crippen LogP contribution >= 0.6 is 11.3 Å². The van der Waals surface area contributed by atoms with Crippen LogP contribution in [0.25, 0.3) is 21.5 Å². The predicted molar refractivity (Wildman–Crippen MR) is 129 cm³/mol. The summed E-state index contributed by atoms with van der Waals surface area (Å²) in [4.78, 5) is 6.78. The highest BCUT2D eigenvalue weighted by Crippen LogP contribution is 2.42. The van der Waals surface area contributed by atoms with Crippen LogP contribution < -0.4 is 5.32 Å². The highest BCUT2D eigenvalue weighted by molar-refractivity contribution is 7.16. The van der Waals surface area contributed by atoms with Crippen LogP contribution in [0.4, 0.5) is 19.0 Å². The number of hydrogen-bond donors (Lipinski definition) is 1. The zero-order valence-corrected chi connectivity index (χ0v) is 20.1. The Labute approximate surface area is 205 Å². The first-order chi connectivity index (χ1) is 16.9. The Bertz CT molecular complexity index is 1180. The van der Waals surface area contributed by atoms with E-state index in [0.29, 0.717) is 23.3 Å². The first kappa shape index (κ1) is 23.1. The Hall–Kier alpha value is -2.30. The van der Waals surface area contributed by atoms with E-state index >= 15 is 0 Å². The van der Waals surface area contributed by atoms with Gasteiger partial charge in [-0.15, -0.1) is 21.5 Å². The minimum absolute atomic E-state index is 0.00924. The molecule has 2 aliphatic heterocycles. The summed E-state index contributed by atoms with van der Waals surface area (Å²) in [5, 5.41) is 11.3. The van der Waals surface area contributed by atoms with Crippen molar-refractivity contribution < 1.29 is 17.9 Å². The van der Waals surface area contributed by atoms with E-state index in [1.54, 1.807) is 17.6 Å². The first-order valence-corrected chi connectivity index (χ1v) is 13.2. The molecule has 1 saturated carbocycles. The van der Waals surface area contributed by atoms with E-state index in [1.807, 2.05) is 6.07 Å². The van der Waals surface area contributed by atoms with Crippen molar-refractivity contribution in [2.24, 2.45) is 17.8 Å². The molecule has 6 rings (SSSR count). The molecule has 2 aromatic heterocycles. The molecule has 3 aliphatic rings. The van der Waals surface area contributed by atoms with Crippen LogP contribution in [0, 0.1) is 17.8 Å². The van der Waals surface area contributed by atoms with Crippen LogP contribution in [-0.4, -0.2) is 59.0 Å². The lowest BCUT2D eigenvalue weighted by molar-refractivity contribution is -0.137. The van der Waals surface area contributed by atoms with Gasteiger partial charge in [0.25, 0.3) is 0 Å². The minimum Gasteiger partial charge on any atom is -0.381 e. The summed E-state index contributed by atoms with van der Waals surface area (Å²) in [5.41, 5.74) is 2.59. The maximum atomic E-state index is 14.0. The number of nitrogens with one attached hydrogen (secondary N) is 1. The SMILES string of the molecule is FC(F)(F)c1cc(-c2ccc3ncsc3c2)nnc1N[C@H]1C[C@@H]2CN(CC3CCOCC3)C[C@@H]2C1. The zero-order valence-electron chi connectivity index (χ0n) is 19.3. The molecular weight excluding hydrogens is 475 g/mol. The number of nitrogens with zero attached hydrogens (tertiary/aromatic N) is 4. The summed E-state index contributed by atoms with van der Waals surface area (Å²) in [7, 11) is 0. The van der Waals surface area contributed by atoms with Crippen LogP contribution in [0.5, 0.6) is 0 Å². The molecule has 1 aliphatic carbocycles. The van der Waals surface area contributed by atoms with Gasteiger partial charge in [-0.3, -0.25) is 0 Å². The van der Waals surface area contributed by atoms with E-state index in [4.69, 9.17) is 4.74 Å². The number of halogens is 3. The van der Waals surface area contributed by atoms with Crippen LogP contribution in [0.2, 0.25) is 0 Å². The monoisotopic (exact) mass is 503 g/mol. The standard InChI is InChI=1S/C25H28F3N5OS/c26-25(27,28)20-10-22(16-1-2-21-23(9-16)35-14-29-21)31-32-24(20)30-19-7-17-12-33(13-18(17)8-19)11-15-3-5-34-6-4-15/h1-2,9-10,14-15,17-19H,3-8,11-13H2,(H,30,32)/t17-,18+,19+. The van der Waals surface area contributed by atoms with Crippen LogP contribution in [0.1, 0.15) is 31.2 Å². The maximum Gasteiger partial charge on any atom is 0.420 e. The number of aromatic nitrogens is 3. The molecule has 0 unspecified atom stereocenters. The molecule has 2 saturated heterocycles. The Balaban J connectivity index is 1.14. The second kappa shape index (κ2) is 9.29. The molecule has 1 N–H and O–H groups in total. The van der Waals surface area contributed by atoms with Crippen LogP contribution in [0.3, 0.4) is 0 Å². The van der Waals surface area contributed by atoms with Crippen LogP contribution in [-0.2, 0) is 10.9 Å². The minimum atomic E-state index is -4.52. The van der Waals surface area contributed by atoms with E-state index in [2.05, 4.69) is 25.4 Å². The number of rotatable bonds is 5. The Morgan fingerprint density at radius 3 is 2.57 bits per heavy atom. The summed E-state index contributed by atoms with van der Waals surface area (Å²) in [6.45, 7) is 4.91. The lowest BCUT2D eigenvalue weighted by Crippen LogP contribution is -2.32. The number of fused-ring (bicyclic) bond motifs is 2. The first-order valence-electron chi connectivity index (χ1n) is 12.3. The highest BCUT2D eigenvalue weighted by Gasteiger charge is 2.42. The molecule has 6 nitrogen and oxygen atoms in total. The van der Waals surface area contributed by atoms with Gasteiger partial charge in [0.1, 0.15) is 5.56 Å². The molecule has 0 amide bonds. The summed E-state index contributed by atoms with van der Waals surface area (Å²) in [5.74, 6) is 1.60. The molecule has 0 spiro atoms. The summed E-state index contributed by atoms with van der Waals surface area (Å²) >= 11 is 1.45. The van der Waals surface area contributed by atoms with Crippen molar-refractivity contribution in [1.29, 1.82) is 0 Å². The van der Waals surface area contributed by atoms with E-state index in [1.165, 1.54) is 11.3 Å². The fourth-order valence-electron chi connectivity index (χ4n) is 6.02. The van der Waals surface area contributed by atoms with E-state index in [0.717, 1.165) is 74.8 Å². The zero-order chi connectivity index (χ0) is 24.0. The quantitative estimate of drug-likeness (QED) is 0.509. The van der Waals surface area contributed by atoms with E-state index in [9.17, 15) is 13.2 Å². The molecule has 3 atom stereocenters. The topological polar surface area (TPSA) is 63.2 Å². The smallest absolute Gasteiger partial charge is 0.381 e. The number of anilines is 1. The summed E-state index contributed by atoms with van der Waals surface area (Å²) < 4.78 is 48.4. The fourth-order valence-corrected chi connectivity index (χ4v) is 6.74. The average Bonchev–Trinajstić information content (AvgIpc) is 3.54. The Morgan fingerprint density at radius 2 is 1.83 bits per heavy atom. The number of benzene rings is 1. The number of hydrogen-bond acceptors (Lipinski definition) is 7. The third-order valence-electron chi connectivity index (χ3n) is 7.75. The van der Waals surface area contributed by atoms with Crippen molar-refractivity contribution in [3.8, 4) is 11.3 Å². The van der Waals surface area contributed by atoms with Crippen molar-refractivity contribution in [3.63, 3.8) is 0 Å². The fraction of sp³-hybridized carbons (Fsp3) is 0.560. The molecule has 35 heavy (non-hydrogen) atoms. The lowest BCUT2D eigenvalue weighted by Gasteiger charge is -2.28. The molecule has 0 radical (unpaired) electrons. The second-order valence-corrected chi connectivity index (χ2v) is 11.0. The van der Waals surface area contributed by atoms with Crippen molar-refractivity contribution in [2.45, 2.75) is 37.9 Å². The molecule has 0 bridgehead atoms. The average molecular weight is 504 g/mol. The van der Waals surface area contributed by atoms with Crippen molar-refractivity contribution in [3.05, 3.63) is 35.3 Å². The van der Waals surface area contributed by atoms with Gasteiger partial charge in [-0.25, -0.2) is 4.98 Å². The van der Waals surface area contributed by atoms with E-state index in [-0.39, 0.29) is 17.6 Å². The molecule has 3 aromatic rings. The van der Waals surface area contributed by atoms with Crippen molar-refractivity contribution >= 4 is 27.4 Å². The Kier molecular flexibility index (Phi) is 6.14. The summed E-state index contributed by atoms with van der Waals surface area (Å²) in [6.07, 6.45) is -0.516. The lowest BCUT2D eigenvalue weighted by atomic mass is 10.00. The Morgan fingerprint density at radius 1 is 1.06 bits per heavy atom. The van der Waals surface area contributed by atoms with Crippen molar-refractivity contribution in [2.75, 3.05) is 38.2 Å². The molecule has 186 valence electrons. The highest BCUT2D eigenvalue weighted by atomic mass is 32.1.